The molecule has 0 aliphatic rings. The summed E-state index contributed by atoms with van der Waals surface area (Å²) in [4.78, 5) is 40.5. The van der Waals surface area contributed by atoms with E-state index < -0.39 is 6.04 Å². The minimum absolute atomic E-state index is 0.0228. The molecule has 0 aliphatic carbocycles. The molecule has 7 heteroatoms. The van der Waals surface area contributed by atoms with E-state index in [4.69, 9.17) is 0 Å². The lowest BCUT2D eigenvalue weighted by Crippen LogP contribution is -2.49. The summed E-state index contributed by atoms with van der Waals surface area (Å²) in [6.07, 6.45) is 45.5. The predicted octanol–water partition coefficient (Wildman–Crippen LogP) is 11.5. The highest BCUT2D eigenvalue weighted by atomic mass is 16.2. The quantitative estimate of drug-likeness (QED) is 0.0430. The summed E-state index contributed by atoms with van der Waals surface area (Å²) < 4.78 is 0. The Balaban J connectivity index is 4.14. The zero-order valence-corrected chi connectivity index (χ0v) is 35.6. The zero-order chi connectivity index (χ0) is 38.9. The van der Waals surface area contributed by atoms with Crippen molar-refractivity contribution in [3.8, 4) is 0 Å². The van der Waals surface area contributed by atoms with Gasteiger partial charge < -0.3 is 20.9 Å². The zero-order valence-electron chi connectivity index (χ0n) is 35.6. The molecule has 0 bridgehead atoms. The van der Waals surface area contributed by atoms with Crippen LogP contribution in [0.1, 0.15) is 213 Å². The Labute approximate surface area is 329 Å². The van der Waals surface area contributed by atoms with Gasteiger partial charge in [-0.25, -0.2) is 0 Å². The molecular weight excluding hydrogens is 657 g/mol. The molecule has 1 atom stereocenters. The van der Waals surface area contributed by atoms with Gasteiger partial charge in [0.05, 0.1) is 6.42 Å². The molecule has 0 aromatic carbocycles. The van der Waals surface area contributed by atoms with E-state index in [1.54, 1.807) is 0 Å². The predicted molar refractivity (Wildman–Crippen MR) is 229 cm³/mol. The second-order valence-corrected chi connectivity index (χ2v) is 15.7. The number of nitrogens with one attached hydrogen (secondary N) is 3. The van der Waals surface area contributed by atoms with E-state index in [2.05, 4.69) is 54.1 Å². The van der Waals surface area contributed by atoms with Gasteiger partial charge in [-0.15, -0.1) is 0 Å². The number of hydrogen-bond donors (Lipinski definition) is 3. The number of amides is 3. The first-order chi connectivity index (χ1) is 25.9. The van der Waals surface area contributed by atoms with Gasteiger partial charge in [0.2, 0.25) is 17.7 Å². The fourth-order valence-electron chi connectivity index (χ4n) is 6.60. The average Bonchev–Trinajstić information content (AvgIpc) is 3.13. The Kier molecular flexibility index (Phi) is 39.4. The van der Waals surface area contributed by atoms with Gasteiger partial charge in [0.25, 0.3) is 0 Å². The van der Waals surface area contributed by atoms with Crippen molar-refractivity contribution in [3.05, 3.63) is 24.3 Å². The summed E-state index contributed by atoms with van der Waals surface area (Å²) >= 11 is 0. The summed E-state index contributed by atoms with van der Waals surface area (Å²) in [5.74, 6) is -0.611. The van der Waals surface area contributed by atoms with Crippen molar-refractivity contribution in [2.24, 2.45) is 0 Å². The Morgan fingerprint density at radius 2 is 0.849 bits per heavy atom. The van der Waals surface area contributed by atoms with E-state index in [1.165, 1.54) is 154 Å². The van der Waals surface area contributed by atoms with Crippen molar-refractivity contribution < 1.29 is 14.4 Å². The molecule has 0 saturated heterocycles. The number of allylic oxidation sites excluding steroid dienone is 4. The van der Waals surface area contributed by atoms with E-state index in [1.807, 2.05) is 19.0 Å². The van der Waals surface area contributed by atoms with Crippen molar-refractivity contribution in [3.63, 3.8) is 0 Å². The fraction of sp³-hybridized carbons (Fsp3) is 0.848. The van der Waals surface area contributed by atoms with Crippen LogP contribution in [0.2, 0.25) is 0 Å². The van der Waals surface area contributed by atoms with Crippen LogP contribution >= 0.6 is 0 Å². The molecule has 3 amide bonds. The Hall–Kier alpha value is -2.15. The Morgan fingerprint density at radius 3 is 1.26 bits per heavy atom. The molecule has 0 saturated carbocycles. The smallest absolute Gasteiger partial charge is 0.243 e. The molecule has 310 valence electrons. The Morgan fingerprint density at radius 1 is 0.472 bits per heavy atom. The highest BCUT2D eigenvalue weighted by molar-refractivity contribution is 5.92. The van der Waals surface area contributed by atoms with Gasteiger partial charge in [-0.3, -0.25) is 14.4 Å². The Bertz CT molecular complexity index is 888. The first-order valence-corrected chi connectivity index (χ1v) is 22.7. The third kappa shape index (κ3) is 39.4. The number of unbranched alkanes of at least 4 members (excludes halogenated alkanes) is 24. The van der Waals surface area contributed by atoms with Crippen LogP contribution in [0, 0.1) is 0 Å². The van der Waals surface area contributed by atoms with Gasteiger partial charge in [0.1, 0.15) is 6.04 Å². The fourth-order valence-corrected chi connectivity index (χ4v) is 6.60. The van der Waals surface area contributed by atoms with Gasteiger partial charge >= 0.3 is 0 Å². The normalized spacial score (nSPS) is 12.2. The number of nitrogens with zero attached hydrogens (tertiary/aromatic N) is 1. The molecule has 53 heavy (non-hydrogen) atoms. The minimum atomic E-state index is -0.837. The summed E-state index contributed by atoms with van der Waals surface area (Å²) in [6, 6.07) is -0.837. The van der Waals surface area contributed by atoms with Gasteiger partial charge in [-0.05, 0) is 91.3 Å². The second-order valence-electron chi connectivity index (χ2n) is 15.7. The van der Waals surface area contributed by atoms with Crippen molar-refractivity contribution in [2.75, 3.05) is 33.7 Å². The summed E-state index contributed by atoms with van der Waals surface area (Å²) in [6.45, 7) is 6.52. The van der Waals surface area contributed by atoms with Crippen molar-refractivity contribution in [2.45, 2.75) is 219 Å². The molecular formula is C46H88N4O3. The van der Waals surface area contributed by atoms with Crippen LogP contribution in [-0.2, 0) is 14.4 Å². The summed E-state index contributed by atoms with van der Waals surface area (Å²) in [5.41, 5.74) is 0. The third-order valence-electron chi connectivity index (χ3n) is 10.0. The highest BCUT2D eigenvalue weighted by Crippen LogP contribution is 2.12. The second kappa shape index (κ2) is 41.0. The van der Waals surface area contributed by atoms with Gasteiger partial charge in [-0.1, -0.05) is 154 Å². The van der Waals surface area contributed by atoms with E-state index in [9.17, 15) is 14.4 Å². The maximum atomic E-state index is 13.1. The number of carbonyl (C=O) groups is 3. The molecule has 0 spiro atoms. The lowest BCUT2D eigenvalue weighted by Gasteiger charge is -2.19. The topological polar surface area (TPSA) is 90.5 Å². The SMILES string of the molecule is CCCCCCCC/C=C\CCCCCCCCNC(=O)CC(NC(=O)CCCN(C)C)C(=O)NCCCCCCCC/C=C\CCCCCCCC. The highest BCUT2D eigenvalue weighted by Gasteiger charge is 2.23. The summed E-state index contributed by atoms with van der Waals surface area (Å²) in [7, 11) is 3.96. The maximum absolute atomic E-state index is 13.1. The number of rotatable bonds is 40. The monoisotopic (exact) mass is 745 g/mol. The molecule has 0 aliphatic heterocycles. The van der Waals surface area contributed by atoms with Crippen LogP contribution < -0.4 is 16.0 Å². The van der Waals surface area contributed by atoms with E-state index >= 15 is 0 Å². The summed E-state index contributed by atoms with van der Waals surface area (Å²) in [5, 5.41) is 8.82. The average molecular weight is 745 g/mol. The van der Waals surface area contributed by atoms with Gasteiger partial charge in [0, 0.05) is 19.5 Å². The van der Waals surface area contributed by atoms with Crippen LogP contribution in [0.15, 0.2) is 24.3 Å². The lowest BCUT2D eigenvalue weighted by molar-refractivity contribution is -0.131. The minimum Gasteiger partial charge on any atom is -0.356 e. The molecule has 0 heterocycles. The van der Waals surface area contributed by atoms with E-state index in [0.717, 1.165) is 32.2 Å². The molecule has 1 unspecified atom stereocenters. The molecule has 7 nitrogen and oxygen atoms in total. The molecule has 0 rings (SSSR count). The first kappa shape index (κ1) is 50.9. The van der Waals surface area contributed by atoms with Crippen molar-refractivity contribution in [1.29, 1.82) is 0 Å². The van der Waals surface area contributed by atoms with Crippen LogP contribution in [0.3, 0.4) is 0 Å². The van der Waals surface area contributed by atoms with E-state index in [0.29, 0.717) is 25.9 Å². The van der Waals surface area contributed by atoms with Crippen LogP contribution in [0.4, 0.5) is 0 Å². The molecule has 0 aromatic rings. The van der Waals surface area contributed by atoms with Crippen molar-refractivity contribution in [1.82, 2.24) is 20.9 Å². The molecule has 0 radical (unpaired) electrons. The number of hydrogen-bond acceptors (Lipinski definition) is 4. The van der Waals surface area contributed by atoms with Crippen LogP contribution in [-0.4, -0.2) is 62.4 Å². The molecule has 3 N–H and O–H groups in total. The molecule has 0 fully saturated rings. The molecule has 0 aromatic heterocycles. The van der Waals surface area contributed by atoms with Gasteiger partial charge in [0.15, 0.2) is 0 Å². The maximum Gasteiger partial charge on any atom is 0.243 e. The standard InChI is InChI=1S/C46H88N4O3/c1-5-7-9-11-13-15-17-19-21-23-25-27-29-31-33-35-39-47-45(52)42-43(49-44(51)38-37-41-50(3)4)46(53)48-40-36-34-32-30-28-26-24-22-20-18-16-14-12-10-8-6-2/h19-22,43H,5-18,23-42H2,1-4H3,(H,47,52)(H,48,53)(H,49,51)/b21-19-,22-20-. The van der Waals surface area contributed by atoms with Crippen LogP contribution in [0.5, 0.6) is 0 Å². The van der Waals surface area contributed by atoms with Crippen LogP contribution in [0.25, 0.3) is 0 Å². The van der Waals surface area contributed by atoms with Gasteiger partial charge in [-0.2, -0.15) is 0 Å². The first-order valence-electron chi connectivity index (χ1n) is 22.7. The number of carbonyl (C=O) groups excluding carboxylic acids is 3. The third-order valence-corrected chi connectivity index (χ3v) is 10.0. The largest absolute Gasteiger partial charge is 0.356 e. The van der Waals surface area contributed by atoms with E-state index in [-0.39, 0.29) is 24.1 Å². The van der Waals surface area contributed by atoms with Crippen molar-refractivity contribution >= 4 is 17.7 Å². The lowest BCUT2D eigenvalue weighted by atomic mass is 10.1.